The molecule has 0 aliphatic heterocycles. The minimum Gasteiger partial charge on any atom is -0.355 e. The van der Waals surface area contributed by atoms with Crippen molar-refractivity contribution in [3.05, 3.63) is 34.8 Å². The number of hydrogen-bond acceptors (Lipinski definition) is 6. The molecule has 27 heavy (non-hydrogen) atoms. The molecule has 2 aromatic heterocycles. The quantitative estimate of drug-likeness (QED) is 0.540. The molecule has 3 aliphatic carbocycles. The molecule has 1 spiro atoms. The van der Waals surface area contributed by atoms with Crippen LogP contribution in [0.4, 0.5) is 5.69 Å². The average Bonchev–Trinajstić information content (AvgIpc) is 3.04. The van der Waals surface area contributed by atoms with Crippen LogP contribution < -0.4 is 5.32 Å². The lowest BCUT2D eigenvalue weighted by Gasteiger charge is -2.18. The summed E-state index contributed by atoms with van der Waals surface area (Å²) in [7, 11) is -2.10. The lowest BCUT2D eigenvalue weighted by Crippen LogP contribution is -2.19. The second-order valence-electron chi connectivity index (χ2n) is 7.81. The molecule has 1 saturated carbocycles. The van der Waals surface area contributed by atoms with E-state index in [4.69, 9.17) is 4.98 Å². The third kappa shape index (κ3) is 2.86. The Morgan fingerprint density at radius 3 is 2.93 bits per heavy atom. The van der Waals surface area contributed by atoms with Crippen LogP contribution in [0.3, 0.4) is 0 Å². The van der Waals surface area contributed by atoms with Crippen LogP contribution in [0.1, 0.15) is 55.1 Å². The zero-order valence-electron chi connectivity index (χ0n) is 15.5. The van der Waals surface area contributed by atoms with Crippen LogP contribution in [0.2, 0.25) is 0 Å². The summed E-state index contributed by atoms with van der Waals surface area (Å²) in [5.74, 6) is 0. The Bertz CT molecular complexity index is 988. The third-order valence-electron chi connectivity index (χ3n) is 6.17. The van der Waals surface area contributed by atoms with Gasteiger partial charge in [0.15, 0.2) is 5.03 Å². The Labute approximate surface area is 160 Å². The van der Waals surface area contributed by atoms with Crippen LogP contribution >= 0.6 is 0 Å². The molecule has 5 rings (SSSR count). The zero-order chi connectivity index (χ0) is 18.6. The molecule has 0 bridgehead atoms. The van der Waals surface area contributed by atoms with Crippen molar-refractivity contribution >= 4 is 16.3 Å². The van der Waals surface area contributed by atoms with Gasteiger partial charge in [0.2, 0.25) is 6.35 Å². The number of aliphatic hydroxyl groups excluding tert-OH is 1. The Morgan fingerprint density at radius 1 is 1.33 bits per heavy atom. The number of thiol groups is 1. The van der Waals surface area contributed by atoms with Crippen molar-refractivity contribution < 1.29 is 9.32 Å². The Hall–Kier alpha value is -1.93. The van der Waals surface area contributed by atoms with E-state index in [9.17, 15) is 9.32 Å². The fourth-order valence-corrected chi connectivity index (χ4v) is 5.31. The molecule has 144 valence electrons. The molecule has 1 fully saturated rings. The van der Waals surface area contributed by atoms with Crippen molar-refractivity contribution in [2.75, 3.05) is 5.32 Å². The standard InChI is InChI=1S/C19H25N5O2S/c1-2-24-11-7-15(22-24)27(26)23-18(25)21-16-12-4-3-5-14(12)20-17-13(16)6-8-19(17)9-10-19/h7,11,18,25,27H,2-6,8-10H2,1H3,(H,20,21). The summed E-state index contributed by atoms with van der Waals surface area (Å²) >= 11 is 0. The van der Waals surface area contributed by atoms with Crippen molar-refractivity contribution in [2.24, 2.45) is 4.36 Å². The molecule has 2 heterocycles. The average molecular weight is 388 g/mol. The normalized spacial score (nSPS) is 21.3. The molecule has 2 atom stereocenters. The molecule has 2 unspecified atom stereocenters. The van der Waals surface area contributed by atoms with Crippen molar-refractivity contribution in [3.8, 4) is 0 Å². The molecule has 0 amide bonds. The highest BCUT2D eigenvalue weighted by Gasteiger charge is 2.51. The molecule has 0 radical (unpaired) electrons. The molecule has 2 N–H and O–H groups in total. The lowest BCUT2D eigenvalue weighted by molar-refractivity contribution is 0.216. The van der Waals surface area contributed by atoms with E-state index in [1.165, 1.54) is 35.4 Å². The molecule has 2 aromatic rings. The van der Waals surface area contributed by atoms with Gasteiger partial charge >= 0.3 is 0 Å². The Balaban J connectivity index is 1.45. The van der Waals surface area contributed by atoms with Crippen LogP contribution in [0.5, 0.6) is 0 Å². The largest absolute Gasteiger partial charge is 0.355 e. The van der Waals surface area contributed by atoms with Crippen LogP contribution in [-0.4, -0.2) is 30.4 Å². The number of pyridine rings is 1. The number of hydrogen-bond donors (Lipinski definition) is 3. The van der Waals surface area contributed by atoms with E-state index in [0.717, 1.165) is 37.8 Å². The number of aromatic nitrogens is 3. The Morgan fingerprint density at radius 2 is 2.19 bits per heavy atom. The van der Waals surface area contributed by atoms with Gasteiger partial charge in [-0.25, -0.2) is 4.21 Å². The zero-order valence-corrected chi connectivity index (χ0v) is 16.4. The number of anilines is 1. The third-order valence-corrected chi connectivity index (χ3v) is 7.23. The fourth-order valence-electron chi connectivity index (χ4n) is 4.55. The SMILES string of the molecule is CCn1ccc([SH](=O)=NC(O)Nc2c3c(nc4c2CCC42CC2)CCC3)n1. The predicted molar refractivity (Wildman–Crippen MR) is 103 cm³/mol. The number of aryl methyl sites for hydroxylation is 2. The first kappa shape index (κ1) is 17.2. The van der Waals surface area contributed by atoms with Crippen LogP contribution in [-0.2, 0) is 41.8 Å². The van der Waals surface area contributed by atoms with Crippen LogP contribution in [0, 0.1) is 0 Å². The highest BCUT2D eigenvalue weighted by atomic mass is 32.2. The fraction of sp³-hybridized carbons (Fsp3) is 0.579. The topological polar surface area (TPSA) is 92.4 Å². The van der Waals surface area contributed by atoms with Gasteiger partial charge in [-0.15, -0.1) is 0 Å². The van der Waals surface area contributed by atoms with Crippen molar-refractivity contribution in [3.63, 3.8) is 0 Å². The van der Waals surface area contributed by atoms with Crippen molar-refractivity contribution in [1.82, 2.24) is 14.8 Å². The minimum absolute atomic E-state index is 0.295. The van der Waals surface area contributed by atoms with E-state index < -0.39 is 16.9 Å². The molecule has 3 aliphatic rings. The maximum absolute atomic E-state index is 12.4. The molecule has 0 aromatic carbocycles. The monoisotopic (exact) mass is 387 g/mol. The van der Waals surface area contributed by atoms with Gasteiger partial charge in [0.1, 0.15) is 0 Å². The molecular formula is C19H25N5O2S. The molecule has 0 saturated heterocycles. The van der Waals surface area contributed by atoms with Gasteiger partial charge in [-0.05, 0) is 69.1 Å². The van der Waals surface area contributed by atoms with Crippen LogP contribution in [0.15, 0.2) is 21.7 Å². The summed E-state index contributed by atoms with van der Waals surface area (Å²) in [6.45, 7) is 2.68. The summed E-state index contributed by atoms with van der Waals surface area (Å²) < 4.78 is 18.2. The lowest BCUT2D eigenvalue weighted by atomic mass is 10.0. The van der Waals surface area contributed by atoms with E-state index in [1.54, 1.807) is 16.9 Å². The van der Waals surface area contributed by atoms with Crippen LogP contribution in [0.25, 0.3) is 0 Å². The summed E-state index contributed by atoms with van der Waals surface area (Å²) in [4.78, 5) is 5.02. The summed E-state index contributed by atoms with van der Waals surface area (Å²) in [6, 6.07) is 1.69. The number of aliphatic hydroxyl groups is 1. The first-order chi connectivity index (χ1) is 13.1. The number of nitrogens with zero attached hydrogens (tertiary/aromatic N) is 4. The first-order valence-corrected chi connectivity index (χ1v) is 11.0. The van der Waals surface area contributed by atoms with Crippen molar-refractivity contribution in [1.29, 1.82) is 0 Å². The Kier molecular flexibility index (Phi) is 4.01. The minimum atomic E-state index is -2.10. The van der Waals surface area contributed by atoms with E-state index in [-0.39, 0.29) is 0 Å². The van der Waals surface area contributed by atoms with Gasteiger partial charge in [0, 0.05) is 29.5 Å². The smallest absolute Gasteiger partial charge is 0.231 e. The van der Waals surface area contributed by atoms with Gasteiger partial charge in [-0.1, -0.05) is 0 Å². The predicted octanol–water partition coefficient (Wildman–Crippen LogP) is 2.18. The molecule has 8 heteroatoms. The number of rotatable bonds is 5. The maximum Gasteiger partial charge on any atom is 0.231 e. The van der Waals surface area contributed by atoms with E-state index in [0.29, 0.717) is 17.0 Å². The number of nitrogens with one attached hydrogen (secondary N) is 1. The van der Waals surface area contributed by atoms with E-state index >= 15 is 0 Å². The van der Waals surface area contributed by atoms with Gasteiger partial charge in [-0.3, -0.25) is 9.67 Å². The van der Waals surface area contributed by atoms with E-state index in [1.807, 2.05) is 6.92 Å². The summed E-state index contributed by atoms with van der Waals surface area (Å²) in [5.41, 5.74) is 6.16. The van der Waals surface area contributed by atoms with E-state index in [2.05, 4.69) is 14.8 Å². The van der Waals surface area contributed by atoms with Gasteiger partial charge in [-0.2, -0.15) is 9.46 Å². The second-order valence-corrected chi connectivity index (χ2v) is 9.04. The van der Waals surface area contributed by atoms with Gasteiger partial charge in [0.25, 0.3) is 0 Å². The second kappa shape index (κ2) is 6.31. The molecule has 7 nitrogen and oxygen atoms in total. The maximum atomic E-state index is 12.4. The summed E-state index contributed by atoms with van der Waals surface area (Å²) in [5, 5.41) is 18.3. The van der Waals surface area contributed by atoms with Gasteiger partial charge < -0.3 is 10.4 Å². The summed E-state index contributed by atoms with van der Waals surface area (Å²) in [6.07, 6.45) is 8.24. The van der Waals surface area contributed by atoms with Crippen molar-refractivity contribution in [2.45, 2.75) is 75.2 Å². The van der Waals surface area contributed by atoms with Gasteiger partial charge in [0.05, 0.1) is 16.3 Å². The first-order valence-electron chi connectivity index (χ1n) is 9.81. The number of fused-ring (bicyclic) bond motifs is 3. The highest BCUT2D eigenvalue weighted by Crippen LogP contribution is 2.58. The highest BCUT2D eigenvalue weighted by molar-refractivity contribution is 7.74. The molecular weight excluding hydrogens is 362 g/mol.